The number of aliphatic imine (C=N–C) groups is 2. The van der Waals surface area contributed by atoms with Crippen molar-refractivity contribution < 1.29 is 32.5 Å². The van der Waals surface area contributed by atoms with Crippen LogP contribution in [-0.4, -0.2) is 36.4 Å². The van der Waals surface area contributed by atoms with Crippen molar-refractivity contribution in [3.05, 3.63) is 95.1 Å². The molecule has 0 aliphatic heterocycles. The third-order valence-electron chi connectivity index (χ3n) is 5.06. The van der Waals surface area contributed by atoms with E-state index in [-0.39, 0.29) is 11.7 Å². The Hall–Kier alpha value is -4.34. The molecule has 1 unspecified atom stereocenters. The zero-order valence-electron chi connectivity index (χ0n) is 19.5. The molecule has 0 spiro atoms. The zero-order valence-corrected chi connectivity index (χ0v) is 19.5. The van der Waals surface area contributed by atoms with Crippen LogP contribution >= 0.6 is 0 Å². The number of nitrogens with zero attached hydrogens (tertiary/aromatic N) is 2. The lowest BCUT2D eigenvalue weighted by Gasteiger charge is -2.20. The number of aryl methyl sites for hydroxylation is 1. The Balaban J connectivity index is 1.91. The van der Waals surface area contributed by atoms with E-state index in [9.17, 15) is 18.0 Å². The summed E-state index contributed by atoms with van der Waals surface area (Å²) in [5.41, 5.74) is 6.99. The number of nitrogens with two attached hydrogens (primary N) is 1. The van der Waals surface area contributed by atoms with Crippen LogP contribution in [0.5, 0.6) is 11.5 Å². The van der Waals surface area contributed by atoms with Gasteiger partial charge in [-0.1, -0.05) is 42.5 Å². The number of carboxylic acids is 1. The molecule has 3 N–H and O–H groups in total. The Kier molecular flexibility index (Phi) is 8.31. The second kappa shape index (κ2) is 11.4. The van der Waals surface area contributed by atoms with Gasteiger partial charge in [-0.15, -0.1) is 0 Å². The summed E-state index contributed by atoms with van der Waals surface area (Å²) in [7, 11) is 1.51. The molecule has 188 valence electrons. The predicted octanol–water partition coefficient (Wildman–Crippen LogP) is 5.03. The number of rotatable bonds is 8. The summed E-state index contributed by atoms with van der Waals surface area (Å²) in [6.45, 7) is 1.27. The average molecular weight is 499 g/mol. The minimum absolute atomic E-state index is 0.0255. The summed E-state index contributed by atoms with van der Waals surface area (Å²) in [5, 5.41) is 8.82. The second-order valence-corrected chi connectivity index (χ2v) is 7.67. The lowest BCUT2D eigenvalue weighted by atomic mass is 10.1. The minimum Gasteiger partial charge on any atom is -0.482 e. The van der Waals surface area contributed by atoms with E-state index in [1.165, 1.54) is 19.2 Å². The zero-order chi connectivity index (χ0) is 26.3. The number of benzene rings is 3. The highest BCUT2D eigenvalue weighted by atomic mass is 19.4. The van der Waals surface area contributed by atoms with Gasteiger partial charge in [-0.3, -0.25) is 4.99 Å². The van der Waals surface area contributed by atoms with Gasteiger partial charge in [0.25, 0.3) is 0 Å². The molecule has 0 bridgehead atoms. The number of alkyl halides is 3. The quantitative estimate of drug-likeness (QED) is 0.334. The number of halogens is 3. The molecule has 0 saturated heterocycles. The van der Waals surface area contributed by atoms with Crippen molar-refractivity contribution >= 4 is 17.6 Å². The maximum atomic E-state index is 12.9. The van der Waals surface area contributed by atoms with E-state index in [0.29, 0.717) is 28.2 Å². The molecule has 1 atom stereocenters. The highest BCUT2D eigenvalue weighted by molar-refractivity contribution is 6.06. The summed E-state index contributed by atoms with van der Waals surface area (Å²) in [6.07, 6.45) is -5.26. The molecule has 7 nitrogen and oxygen atoms in total. The number of hydrogen-bond donors (Lipinski definition) is 2. The van der Waals surface area contributed by atoms with E-state index in [0.717, 1.165) is 12.1 Å². The van der Waals surface area contributed by atoms with E-state index >= 15 is 0 Å². The summed E-state index contributed by atoms with van der Waals surface area (Å²) in [6, 6.07) is 18.4. The molecular formula is C26H24F3N3O4. The van der Waals surface area contributed by atoms with Crippen LogP contribution < -0.4 is 15.2 Å². The molecule has 10 heteroatoms. The fourth-order valence-corrected chi connectivity index (χ4v) is 3.27. The minimum atomic E-state index is -4.46. The molecule has 0 amide bonds. The monoisotopic (exact) mass is 499 g/mol. The summed E-state index contributed by atoms with van der Waals surface area (Å²) >= 11 is 0. The Morgan fingerprint density at radius 3 is 2.28 bits per heavy atom. The highest BCUT2D eigenvalue weighted by Crippen LogP contribution is 2.30. The lowest BCUT2D eigenvalue weighted by Crippen LogP contribution is -2.23. The van der Waals surface area contributed by atoms with Crippen LogP contribution in [0, 0.1) is 6.92 Å². The third kappa shape index (κ3) is 6.84. The first-order valence-electron chi connectivity index (χ1n) is 10.7. The van der Waals surface area contributed by atoms with Crippen LogP contribution in [0.2, 0.25) is 0 Å². The Labute approximate surface area is 205 Å². The molecule has 0 saturated carbocycles. The van der Waals surface area contributed by atoms with Crippen molar-refractivity contribution in [3.63, 3.8) is 0 Å². The third-order valence-corrected chi connectivity index (χ3v) is 5.06. The predicted molar refractivity (Wildman–Crippen MR) is 130 cm³/mol. The van der Waals surface area contributed by atoms with Crippen molar-refractivity contribution in [1.82, 2.24) is 0 Å². The maximum absolute atomic E-state index is 12.9. The fourth-order valence-electron chi connectivity index (χ4n) is 3.27. The molecule has 3 rings (SSSR count). The van der Waals surface area contributed by atoms with Gasteiger partial charge in [0.05, 0.1) is 5.56 Å². The van der Waals surface area contributed by atoms with Gasteiger partial charge in [-0.2, -0.15) is 13.2 Å². The van der Waals surface area contributed by atoms with Crippen LogP contribution in [0.4, 0.5) is 13.2 Å². The van der Waals surface area contributed by atoms with Crippen molar-refractivity contribution in [2.24, 2.45) is 15.7 Å². The standard InChI is InChI=1S/C26H24F3N3O4/c1-16-14-20(12-13-21(16)35-15-22(33)34)36-23(17-6-4-3-5-7-17)25(31-2)32-24(30)18-8-10-19(11-9-18)26(27,28)29/h3-14,23H,15H2,1-2H3,(H,33,34)(H2,30,31,32). The van der Waals surface area contributed by atoms with Gasteiger partial charge in [0.15, 0.2) is 18.5 Å². The molecule has 0 radical (unpaired) electrons. The van der Waals surface area contributed by atoms with Crippen LogP contribution in [0.1, 0.15) is 28.4 Å². The van der Waals surface area contributed by atoms with Crippen molar-refractivity contribution in [2.45, 2.75) is 19.2 Å². The lowest BCUT2D eigenvalue weighted by molar-refractivity contribution is -0.139. The van der Waals surface area contributed by atoms with Gasteiger partial charge in [0, 0.05) is 18.2 Å². The highest BCUT2D eigenvalue weighted by Gasteiger charge is 2.30. The van der Waals surface area contributed by atoms with E-state index in [1.54, 1.807) is 25.1 Å². The number of aliphatic carboxylic acids is 1. The topological polar surface area (TPSA) is 107 Å². The van der Waals surface area contributed by atoms with Gasteiger partial charge in [0.1, 0.15) is 17.3 Å². The van der Waals surface area contributed by atoms with E-state index < -0.39 is 30.4 Å². The molecule has 3 aromatic carbocycles. The summed E-state index contributed by atoms with van der Waals surface area (Å²) < 4.78 is 50.1. The SMILES string of the molecule is CN=C(N=C(N)c1ccc(C(F)(F)F)cc1)C(Oc1ccc(OCC(=O)O)c(C)c1)c1ccccc1. The van der Waals surface area contributed by atoms with Crippen LogP contribution in [-0.2, 0) is 11.0 Å². The molecule has 0 aromatic heterocycles. The normalized spacial score (nSPS) is 13.2. The maximum Gasteiger partial charge on any atom is 0.416 e. The van der Waals surface area contributed by atoms with Gasteiger partial charge < -0.3 is 20.3 Å². The Morgan fingerprint density at radius 1 is 1.06 bits per heavy atom. The molecule has 0 fully saturated rings. The van der Waals surface area contributed by atoms with Crippen LogP contribution in [0.3, 0.4) is 0 Å². The molecular weight excluding hydrogens is 475 g/mol. The van der Waals surface area contributed by atoms with Gasteiger partial charge in [-0.05, 0) is 42.8 Å². The number of carboxylic acid groups (broad SMARTS) is 1. The molecule has 0 heterocycles. The van der Waals surface area contributed by atoms with E-state index in [1.807, 2.05) is 30.3 Å². The average Bonchev–Trinajstić information content (AvgIpc) is 2.85. The van der Waals surface area contributed by atoms with Gasteiger partial charge in [-0.25, -0.2) is 9.79 Å². The van der Waals surface area contributed by atoms with Crippen molar-refractivity contribution in [3.8, 4) is 11.5 Å². The van der Waals surface area contributed by atoms with Crippen molar-refractivity contribution in [2.75, 3.05) is 13.7 Å². The number of ether oxygens (including phenoxy) is 2. The molecule has 36 heavy (non-hydrogen) atoms. The van der Waals surface area contributed by atoms with Crippen molar-refractivity contribution in [1.29, 1.82) is 0 Å². The van der Waals surface area contributed by atoms with Crippen LogP contribution in [0.15, 0.2) is 82.8 Å². The number of amidine groups is 2. The number of hydrogen-bond acceptors (Lipinski definition) is 4. The smallest absolute Gasteiger partial charge is 0.416 e. The van der Waals surface area contributed by atoms with Crippen LogP contribution in [0.25, 0.3) is 0 Å². The fraction of sp³-hybridized carbons (Fsp3) is 0.192. The first kappa shape index (κ1) is 26.3. The largest absolute Gasteiger partial charge is 0.482 e. The Bertz CT molecular complexity index is 1260. The Morgan fingerprint density at radius 2 is 1.72 bits per heavy atom. The molecule has 0 aliphatic rings. The van der Waals surface area contributed by atoms with E-state index in [2.05, 4.69) is 9.98 Å². The van der Waals surface area contributed by atoms with Gasteiger partial charge >= 0.3 is 12.1 Å². The second-order valence-electron chi connectivity index (χ2n) is 7.67. The summed E-state index contributed by atoms with van der Waals surface area (Å²) in [4.78, 5) is 19.4. The molecule has 0 aliphatic carbocycles. The van der Waals surface area contributed by atoms with E-state index in [4.69, 9.17) is 20.3 Å². The first-order chi connectivity index (χ1) is 17.1. The summed E-state index contributed by atoms with van der Waals surface area (Å²) in [5.74, 6) is -0.0838. The molecule has 3 aromatic rings. The first-order valence-corrected chi connectivity index (χ1v) is 10.7. The number of carbonyl (C=O) groups is 1. The van der Waals surface area contributed by atoms with Gasteiger partial charge in [0.2, 0.25) is 0 Å².